The first-order valence-corrected chi connectivity index (χ1v) is 9.21. The third kappa shape index (κ3) is 2.25. The molecule has 1 spiro atoms. The number of aryl methyl sites for hydroxylation is 1. The number of nitrogens with zero attached hydrogens (tertiary/aromatic N) is 1. The Bertz CT molecular complexity index is 665. The molecule has 122 valence electrons. The number of aliphatic hydroxyl groups excluding tert-OH is 1. The van der Waals surface area contributed by atoms with E-state index < -0.39 is 21.7 Å². The summed E-state index contributed by atoms with van der Waals surface area (Å²) in [5, 5.41) is 10.4. The monoisotopic (exact) mass is 325 g/mol. The van der Waals surface area contributed by atoms with Gasteiger partial charge < -0.3 is 9.84 Å². The Labute approximate surface area is 131 Å². The van der Waals surface area contributed by atoms with Gasteiger partial charge >= 0.3 is 0 Å². The van der Waals surface area contributed by atoms with Crippen LogP contribution in [0.3, 0.4) is 0 Å². The van der Waals surface area contributed by atoms with Crippen molar-refractivity contribution in [2.45, 2.75) is 55.6 Å². The van der Waals surface area contributed by atoms with Crippen molar-refractivity contribution in [2.75, 3.05) is 13.7 Å². The van der Waals surface area contributed by atoms with Crippen molar-refractivity contribution < 1.29 is 18.3 Å². The van der Waals surface area contributed by atoms with Gasteiger partial charge in [0.2, 0.25) is 10.0 Å². The van der Waals surface area contributed by atoms with Gasteiger partial charge in [0.15, 0.2) is 0 Å². The Hall–Kier alpha value is -1.11. The zero-order valence-corrected chi connectivity index (χ0v) is 13.9. The second-order valence-corrected chi connectivity index (χ2v) is 8.15. The summed E-state index contributed by atoms with van der Waals surface area (Å²) in [6.07, 6.45) is 3.43. The van der Waals surface area contributed by atoms with E-state index in [0.29, 0.717) is 29.2 Å². The zero-order chi connectivity index (χ0) is 16.0. The summed E-state index contributed by atoms with van der Waals surface area (Å²) in [6.45, 7) is 2.18. The van der Waals surface area contributed by atoms with E-state index in [1.807, 2.05) is 0 Å². The van der Waals surface area contributed by atoms with Crippen LogP contribution >= 0.6 is 0 Å². The lowest BCUT2D eigenvalue weighted by Gasteiger charge is -2.36. The van der Waals surface area contributed by atoms with Crippen molar-refractivity contribution in [3.8, 4) is 5.75 Å². The highest BCUT2D eigenvalue weighted by Crippen LogP contribution is 2.46. The molecule has 0 aromatic heterocycles. The molecule has 0 radical (unpaired) electrons. The number of ether oxygens (including phenoxy) is 1. The van der Waals surface area contributed by atoms with Crippen LogP contribution in [0.5, 0.6) is 5.75 Å². The van der Waals surface area contributed by atoms with E-state index in [1.54, 1.807) is 36.5 Å². The number of hydrogen-bond donors (Lipinski definition) is 1. The predicted octanol–water partition coefficient (Wildman–Crippen LogP) is 2.07. The molecule has 1 heterocycles. The number of aliphatic hydroxyl groups is 1. The lowest BCUT2D eigenvalue weighted by atomic mass is 9.93. The maximum atomic E-state index is 13.1. The van der Waals surface area contributed by atoms with Gasteiger partial charge in [0.1, 0.15) is 5.75 Å². The summed E-state index contributed by atoms with van der Waals surface area (Å²) in [4.78, 5) is 0.314. The second kappa shape index (κ2) is 5.51. The van der Waals surface area contributed by atoms with Crippen LogP contribution in [0.1, 0.15) is 37.7 Å². The van der Waals surface area contributed by atoms with Crippen LogP contribution in [-0.4, -0.2) is 43.1 Å². The molecule has 0 unspecified atom stereocenters. The lowest BCUT2D eigenvalue weighted by molar-refractivity contribution is 0.0688. The Morgan fingerprint density at radius 2 is 2.00 bits per heavy atom. The highest BCUT2D eigenvalue weighted by atomic mass is 32.2. The van der Waals surface area contributed by atoms with Crippen LogP contribution in [0.4, 0.5) is 0 Å². The normalized spacial score (nSPS) is 25.0. The Kier molecular flexibility index (Phi) is 3.95. The number of methoxy groups -OCH3 is 1. The summed E-state index contributed by atoms with van der Waals surface area (Å²) in [5.41, 5.74) is 0.0828. The van der Waals surface area contributed by atoms with Gasteiger partial charge in [-0.15, -0.1) is 0 Å². The van der Waals surface area contributed by atoms with E-state index >= 15 is 0 Å². The largest absolute Gasteiger partial charge is 0.497 e. The fraction of sp³-hybridized carbons (Fsp3) is 0.625. The molecular formula is C16H23NO4S. The molecule has 6 heteroatoms. The van der Waals surface area contributed by atoms with Crippen molar-refractivity contribution in [3.63, 3.8) is 0 Å². The minimum absolute atomic E-state index is 0.314. The van der Waals surface area contributed by atoms with Gasteiger partial charge in [0.05, 0.1) is 23.6 Å². The van der Waals surface area contributed by atoms with Crippen molar-refractivity contribution in [1.82, 2.24) is 4.31 Å². The quantitative estimate of drug-likeness (QED) is 0.924. The molecule has 5 nitrogen and oxygen atoms in total. The van der Waals surface area contributed by atoms with Gasteiger partial charge in [-0.2, -0.15) is 4.31 Å². The molecular weight excluding hydrogens is 302 g/mol. The molecule has 1 aliphatic heterocycles. The summed E-state index contributed by atoms with van der Waals surface area (Å²) in [5.74, 6) is 0.647. The summed E-state index contributed by atoms with van der Waals surface area (Å²) >= 11 is 0. The molecule has 3 rings (SSSR count). The van der Waals surface area contributed by atoms with Crippen molar-refractivity contribution in [2.24, 2.45) is 0 Å². The van der Waals surface area contributed by atoms with Crippen LogP contribution in [0.15, 0.2) is 23.1 Å². The Balaban J connectivity index is 2.03. The van der Waals surface area contributed by atoms with Gasteiger partial charge in [-0.1, -0.05) is 12.8 Å². The minimum atomic E-state index is -3.60. The average molecular weight is 325 g/mol. The first-order chi connectivity index (χ1) is 10.4. The molecule has 0 bridgehead atoms. The molecule has 1 aliphatic carbocycles. The number of benzene rings is 1. The molecule has 2 fully saturated rings. The maximum absolute atomic E-state index is 13.1. The molecule has 1 aromatic rings. The summed E-state index contributed by atoms with van der Waals surface area (Å²) < 4.78 is 33.0. The topological polar surface area (TPSA) is 66.8 Å². The Morgan fingerprint density at radius 1 is 1.32 bits per heavy atom. The second-order valence-electron chi connectivity index (χ2n) is 6.32. The number of hydrogen-bond acceptors (Lipinski definition) is 4. The smallest absolute Gasteiger partial charge is 0.243 e. The molecule has 1 saturated heterocycles. The van der Waals surface area contributed by atoms with Gasteiger partial charge in [-0.3, -0.25) is 0 Å². The highest BCUT2D eigenvalue weighted by Gasteiger charge is 2.54. The van der Waals surface area contributed by atoms with Crippen molar-refractivity contribution in [1.29, 1.82) is 0 Å². The maximum Gasteiger partial charge on any atom is 0.243 e. The van der Waals surface area contributed by atoms with Gasteiger partial charge in [0.25, 0.3) is 0 Å². The third-order valence-corrected chi connectivity index (χ3v) is 7.28. The number of sulfonamides is 1. The van der Waals surface area contributed by atoms with E-state index in [-0.39, 0.29) is 0 Å². The standard InChI is InChI=1S/C16H23NO4S/c1-12-11-13(21-2)5-6-14(12)22(19,20)17-10-7-15(18)16(17)8-3-4-9-16/h5-6,11,15,18H,3-4,7-10H2,1-2H3/t15-/m0/s1. The predicted molar refractivity (Wildman–Crippen MR) is 83.4 cm³/mol. The van der Waals surface area contributed by atoms with Crippen LogP contribution in [0, 0.1) is 6.92 Å². The molecule has 0 amide bonds. The van der Waals surface area contributed by atoms with E-state index in [9.17, 15) is 13.5 Å². The van der Waals surface area contributed by atoms with Gasteiger partial charge in [0, 0.05) is 6.54 Å². The number of rotatable bonds is 3. The summed E-state index contributed by atoms with van der Waals surface area (Å²) in [7, 11) is -2.04. The van der Waals surface area contributed by atoms with Gasteiger partial charge in [-0.25, -0.2) is 8.42 Å². The van der Waals surface area contributed by atoms with Crippen LogP contribution in [0.25, 0.3) is 0 Å². The van der Waals surface area contributed by atoms with E-state index in [2.05, 4.69) is 0 Å². The molecule has 1 saturated carbocycles. The average Bonchev–Trinajstić information content (AvgIpc) is 3.08. The van der Waals surface area contributed by atoms with E-state index in [1.165, 1.54) is 0 Å². The van der Waals surface area contributed by atoms with E-state index in [4.69, 9.17) is 4.74 Å². The lowest BCUT2D eigenvalue weighted by Crippen LogP contribution is -2.50. The molecule has 1 N–H and O–H groups in total. The fourth-order valence-electron chi connectivity index (χ4n) is 3.98. The first-order valence-electron chi connectivity index (χ1n) is 7.77. The molecule has 1 atom stereocenters. The van der Waals surface area contributed by atoms with Crippen LogP contribution in [0.2, 0.25) is 0 Å². The van der Waals surface area contributed by atoms with E-state index in [0.717, 1.165) is 25.7 Å². The zero-order valence-electron chi connectivity index (χ0n) is 13.1. The van der Waals surface area contributed by atoms with Gasteiger partial charge in [-0.05, 0) is 49.9 Å². The van der Waals surface area contributed by atoms with Crippen molar-refractivity contribution in [3.05, 3.63) is 23.8 Å². The first kappa shape index (κ1) is 15.8. The molecule has 1 aromatic carbocycles. The minimum Gasteiger partial charge on any atom is -0.497 e. The van der Waals surface area contributed by atoms with Crippen LogP contribution < -0.4 is 4.74 Å². The molecule has 22 heavy (non-hydrogen) atoms. The van der Waals surface area contributed by atoms with Crippen molar-refractivity contribution >= 4 is 10.0 Å². The SMILES string of the molecule is COc1ccc(S(=O)(=O)N2CC[C@H](O)C23CCCC3)c(C)c1. The molecule has 2 aliphatic rings. The highest BCUT2D eigenvalue weighted by molar-refractivity contribution is 7.89. The Morgan fingerprint density at radius 3 is 2.59 bits per heavy atom. The third-order valence-electron chi connectivity index (χ3n) is 5.14. The fourth-order valence-corrected chi connectivity index (χ4v) is 6.06. The summed E-state index contributed by atoms with van der Waals surface area (Å²) in [6, 6.07) is 5.02. The van der Waals surface area contributed by atoms with Crippen LogP contribution in [-0.2, 0) is 10.0 Å².